The van der Waals surface area contributed by atoms with Crippen molar-refractivity contribution in [2.75, 3.05) is 0 Å². The molecule has 0 radical (unpaired) electrons. The van der Waals surface area contributed by atoms with Crippen molar-refractivity contribution >= 4 is 12.1 Å². The Hall–Kier alpha value is -3.21. The molecular weight excluding hydrogens is 305 g/mol. The maximum absolute atomic E-state index is 12.8. The van der Waals surface area contributed by atoms with Gasteiger partial charge in [0.2, 0.25) is 5.91 Å². The fourth-order valence-electron chi connectivity index (χ4n) is 2.32. The second-order valence-electron chi connectivity index (χ2n) is 5.24. The van der Waals surface area contributed by atoms with E-state index in [0.29, 0.717) is 0 Å². The molecule has 2 aromatic carbocycles. The molecule has 5 heteroatoms. The average Bonchev–Trinajstić information content (AvgIpc) is 3.06. The SMILES string of the molecule is O=C(Cc1ccc(F)cc1)N/N=C/c1cccn1-c1ccccc1. The predicted molar refractivity (Wildman–Crippen MR) is 91.6 cm³/mol. The average molecular weight is 321 g/mol. The van der Waals surface area contributed by atoms with Gasteiger partial charge in [-0.3, -0.25) is 4.79 Å². The van der Waals surface area contributed by atoms with Gasteiger partial charge in [-0.1, -0.05) is 30.3 Å². The molecule has 0 aliphatic carbocycles. The quantitative estimate of drug-likeness (QED) is 0.569. The molecule has 3 aromatic rings. The van der Waals surface area contributed by atoms with E-state index in [9.17, 15) is 9.18 Å². The minimum absolute atomic E-state index is 0.150. The summed E-state index contributed by atoms with van der Waals surface area (Å²) in [7, 11) is 0. The van der Waals surface area contributed by atoms with Crippen molar-refractivity contribution < 1.29 is 9.18 Å². The number of rotatable bonds is 5. The Labute approximate surface area is 139 Å². The number of aromatic nitrogens is 1. The van der Waals surface area contributed by atoms with E-state index in [4.69, 9.17) is 0 Å². The summed E-state index contributed by atoms with van der Waals surface area (Å²) in [4.78, 5) is 11.9. The number of benzene rings is 2. The molecule has 0 aliphatic rings. The van der Waals surface area contributed by atoms with Crippen LogP contribution in [-0.2, 0) is 11.2 Å². The van der Waals surface area contributed by atoms with E-state index in [0.717, 1.165) is 16.9 Å². The van der Waals surface area contributed by atoms with Crippen LogP contribution in [0.25, 0.3) is 5.69 Å². The zero-order chi connectivity index (χ0) is 16.8. The summed E-state index contributed by atoms with van der Waals surface area (Å²) < 4.78 is 14.8. The van der Waals surface area contributed by atoms with Crippen molar-refractivity contribution in [1.82, 2.24) is 9.99 Å². The van der Waals surface area contributed by atoms with Crippen molar-refractivity contribution in [3.8, 4) is 5.69 Å². The summed E-state index contributed by atoms with van der Waals surface area (Å²) >= 11 is 0. The molecule has 0 bridgehead atoms. The fourth-order valence-corrected chi connectivity index (χ4v) is 2.32. The first-order valence-corrected chi connectivity index (χ1v) is 7.51. The van der Waals surface area contributed by atoms with E-state index >= 15 is 0 Å². The van der Waals surface area contributed by atoms with E-state index in [1.165, 1.54) is 12.1 Å². The topological polar surface area (TPSA) is 46.4 Å². The van der Waals surface area contributed by atoms with Gasteiger partial charge in [0.25, 0.3) is 0 Å². The summed E-state index contributed by atoms with van der Waals surface area (Å²) in [6.45, 7) is 0. The number of nitrogens with one attached hydrogen (secondary N) is 1. The number of hydrazone groups is 1. The van der Waals surface area contributed by atoms with E-state index in [2.05, 4.69) is 10.5 Å². The molecular formula is C19H16FN3O. The molecule has 1 heterocycles. The monoisotopic (exact) mass is 321 g/mol. The molecule has 1 amide bonds. The largest absolute Gasteiger partial charge is 0.316 e. The van der Waals surface area contributed by atoms with Gasteiger partial charge in [0.05, 0.1) is 18.3 Å². The zero-order valence-electron chi connectivity index (χ0n) is 12.9. The van der Waals surface area contributed by atoms with Gasteiger partial charge in [-0.25, -0.2) is 9.82 Å². The van der Waals surface area contributed by atoms with Crippen LogP contribution >= 0.6 is 0 Å². The van der Waals surface area contributed by atoms with Gasteiger partial charge < -0.3 is 4.57 Å². The van der Waals surface area contributed by atoms with Crippen LogP contribution in [0.5, 0.6) is 0 Å². The first-order chi connectivity index (χ1) is 11.7. The molecule has 0 fully saturated rings. The molecule has 1 N–H and O–H groups in total. The Morgan fingerprint density at radius 1 is 1.04 bits per heavy atom. The number of hydrogen-bond acceptors (Lipinski definition) is 2. The lowest BCUT2D eigenvalue weighted by molar-refractivity contribution is -0.120. The molecule has 3 rings (SSSR count). The van der Waals surface area contributed by atoms with Crippen LogP contribution in [0.15, 0.2) is 78.0 Å². The van der Waals surface area contributed by atoms with Gasteiger partial charge in [-0.15, -0.1) is 0 Å². The van der Waals surface area contributed by atoms with Crippen LogP contribution in [-0.4, -0.2) is 16.7 Å². The van der Waals surface area contributed by atoms with Gasteiger partial charge in [-0.05, 0) is 42.0 Å². The van der Waals surface area contributed by atoms with Gasteiger partial charge in [0.1, 0.15) is 5.82 Å². The van der Waals surface area contributed by atoms with Gasteiger partial charge in [0.15, 0.2) is 0 Å². The van der Waals surface area contributed by atoms with Crippen LogP contribution in [0.1, 0.15) is 11.3 Å². The van der Waals surface area contributed by atoms with E-state index in [1.54, 1.807) is 18.3 Å². The molecule has 4 nitrogen and oxygen atoms in total. The normalized spacial score (nSPS) is 10.9. The van der Waals surface area contributed by atoms with E-state index < -0.39 is 0 Å². The fraction of sp³-hybridized carbons (Fsp3) is 0.0526. The summed E-state index contributed by atoms with van der Waals surface area (Å²) in [5, 5.41) is 3.99. The molecule has 0 unspecified atom stereocenters. The Balaban J connectivity index is 1.62. The Bertz CT molecular complexity index is 839. The smallest absolute Gasteiger partial charge is 0.244 e. The molecule has 0 spiro atoms. The van der Waals surface area contributed by atoms with Crippen molar-refractivity contribution in [2.24, 2.45) is 5.10 Å². The van der Waals surface area contributed by atoms with Gasteiger partial charge in [0, 0.05) is 11.9 Å². The minimum atomic E-state index is -0.321. The predicted octanol–water partition coefficient (Wildman–Crippen LogP) is 3.31. The highest BCUT2D eigenvalue weighted by atomic mass is 19.1. The third-order valence-corrected chi connectivity index (χ3v) is 3.48. The number of carbonyl (C=O) groups excluding carboxylic acids is 1. The van der Waals surface area contributed by atoms with Crippen LogP contribution in [0.3, 0.4) is 0 Å². The first kappa shape index (κ1) is 15.7. The highest BCUT2D eigenvalue weighted by Gasteiger charge is 2.03. The van der Waals surface area contributed by atoms with Crippen LogP contribution in [0, 0.1) is 5.82 Å². The van der Waals surface area contributed by atoms with Crippen molar-refractivity contribution in [2.45, 2.75) is 6.42 Å². The van der Waals surface area contributed by atoms with Crippen LogP contribution < -0.4 is 5.43 Å². The molecule has 0 saturated heterocycles. The number of nitrogens with zero attached hydrogens (tertiary/aromatic N) is 2. The van der Waals surface area contributed by atoms with Crippen molar-refractivity contribution in [3.05, 3.63) is 90.0 Å². The summed E-state index contributed by atoms with van der Waals surface area (Å²) in [6.07, 6.45) is 3.67. The van der Waals surface area contributed by atoms with Gasteiger partial charge >= 0.3 is 0 Å². The second kappa shape index (κ2) is 7.37. The summed E-state index contributed by atoms with van der Waals surface area (Å²) in [6, 6.07) is 19.5. The maximum atomic E-state index is 12.8. The first-order valence-electron chi connectivity index (χ1n) is 7.51. The third-order valence-electron chi connectivity index (χ3n) is 3.48. The molecule has 0 saturated carbocycles. The number of carbonyl (C=O) groups is 1. The van der Waals surface area contributed by atoms with E-state index in [-0.39, 0.29) is 18.1 Å². The summed E-state index contributed by atoms with van der Waals surface area (Å²) in [5.41, 5.74) is 5.08. The van der Waals surface area contributed by atoms with Crippen molar-refractivity contribution in [1.29, 1.82) is 0 Å². The minimum Gasteiger partial charge on any atom is -0.316 e. The molecule has 0 aliphatic heterocycles. The third kappa shape index (κ3) is 3.95. The zero-order valence-corrected chi connectivity index (χ0v) is 12.9. The number of amides is 1. The van der Waals surface area contributed by atoms with Gasteiger partial charge in [-0.2, -0.15) is 5.10 Å². The Kier molecular flexibility index (Phi) is 4.81. The van der Waals surface area contributed by atoms with Crippen molar-refractivity contribution in [3.63, 3.8) is 0 Å². The highest BCUT2D eigenvalue weighted by molar-refractivity contribution is 5.82. The lowest BCUT2D eigenvalue weighted by atomic mass is 10.1. The molecule has 1 aromatic heterocycles. The Morgan fingerprint density at radius 3 is 2.54 bits per heavy atom. The lowest BCUT2D eigenvalue weighted by Crippen LogP contribution is -2.20. The molecule has 120 valence electrons. The second-order valence-corrected chi connectivity index (χ2v) is 5.24. The highest BCUT2D eigenvalue weighted by Crippen LogP contribution is 2.10. The molecule has 24 heavy (non-hydrogen) atoms. The number of hydrogen-bond donors (Lipinski definition) is 1. The van der Waals surface area contributed by atoms with Crippen LogP contribution in [0.2, 0.25) is 0 Å². The number of para-hydroxylation sites is 1. The summed E-state index contributed by atoms with van der Waals surface area (Å²) in [5.74, 6) is -0.575. The maximum Gasteiger partial charge on any atom is 0.244 e. The lowest BCUT2D eigenvalue weighted by Gasteiger charge is -2.05. The van der Waals surface area contributed by atoms with E-state index in [1.807, 2.05) is 53.2 Å². The Morgan fingerprint density at radius 2 is 1.79 bits per heavy atom. The number of halogens is 1. The standard InChI is InChI=1S/C19H16FN3O/c20-16-10-8-15(9-11-16)13-19(24)22-21-14-18-7-4-12-23(18)17-5-2-1-3-6-17/h1-12,14H,13H2,(H,22,24)/b21-14+. The molecule has 0 atom stereocenters. The van der Waals surface area contributed by atoms with Crippen LogP contribution in [0.4, 0.5) is 4.39 Å².